The minimum absolute atomic E-state index is 0.189. The lowest BCUT2D eigenvalue weighted by Crippen LogP contribution is -2.18. The average molecular weight is 198 g/mol. The Labute approximate surface area is 77.3 Å². The molecule has 1 unspecified atom stereocenters. The first-order chi connectivity index (χ1) is 6.09. The van der Waals surface area contributed by atoms with Gasteiger partial charge in [0, 0.05) is 0 Å². The number of sulfone groups is 1. The minimum atomic E-state index is -3.46. The Hall–Kier alpha value is -1.16. The van der Waals surface area contributed by atoms with Crippen molar-refractivity contribution in [2.75, 3.05) is 0 Å². The number of rotatable bonds is 3. The van der Waals surface area contributed by atoms with Gasteiger partial charge in [0.2, 0.25) is 0 Å². The fourth-order valence-electron chi connectivity index (χ4n) is 0.898. The molecule has 0 spiro atoms. The molecule has 0 aromatic heterocycles. The molecule has 70 valence electrons. The molecular weight excluding hydrogens is 188 g/mol. The molecule has 0 fully saturated rings. The third-order valence-corrected chi connectivity index (χ3v) is 3.77. The quantitative estimate of drug-likeness (QED) is 0.682. The van der Waals surface area contributed by atoms with Gasteiger partial charge in [-0.3, -0.25) is 0 Å². The molecular formula is C9H10O3S. The molecule has 1 rings (SSSR count). The summed E-state index contributed by atoms with van der Waals surface area (Å²) in [4.78, 5) is 10.5. The van der Waals surface area contributed by atoms with Gasteiger partial charge in [-0.05, 0) is 19.1 Å². The topological polar surface area (TPSA) is 51.2 Å². The molecule has 13 heavy (non-hydrogen) atoms. The maximum absolute atomic E-state index is 11.5. The van der Waals surface area contributed by atoms with E-state index in [9.17, 15) is 13.2 Å². The smallest absolute Gasteiger partial charge is 0.187 e. The molecule has 0 aliphatic carbocycles. The van der Waals surface area contributed by atoms with Crippen LogP contribution in [0.1, 0.15) is 6.92 Å². The van der Waals surface area contributed by atoms with Crippen LogP contribution in [0.3, 0.4) is 0 Å². The van der Waals surface area contributed by atoms with E-state index < -0.39 is 15.1 Å². The first-order valence-electron chi connectivity index (χ1n) is 3.83. The lowest BCUT2D eigenvalue weighted by Gasteiger charge is -2.05. The number of hydrogen-bond donors (Lipinski definition) is 0. The zero-order valence-corrected chi connectivity index (χ0v) is 7.99. The van der Waals surface area contributed by atoms with Crippen LogP contribution in [-0.4, -0.2) is 20.0 Å². The van der Waals surface area contributed by atoms with Gasteiger partial charge in [0.25, 0.3) is 0 Å². The molecule has 0 saturated heterocycles. The minimum Gasteiger partial charge on any atom is -0.302 e. The summed E-state index contributed by atoms with van der Waals surface area (Å²) in [7, 11) is -3.46. The molecule has 1 aromatic carbocycles. The van der Waals surface area contributed by atoms with Gasteiger partial charge in [-0.1, -0.05) is 18.2 Å². The Kier molecular flexibility index (Phi) is 2.83. The van der Waals surface area contributed by atoms with Crippen LogP contribution in [-0.2, 0) is 14.6 Å². The monoisotopic (exact) mass is 198 g/mol. The predicted octanol–water partition coefficient (Wildman–Crippen LogP) is 1.05. The summed E-state index contributed by atoms with van der Waals surface area (Å²) >= 11 is 0. The molecule has 0 bridgehead atoms. The van der Waals surface area contributed by atoms with Crippen molar-refractivity contribution >= 4 is 16.1 Å². The zero-order chi connectivity index (χ0) is 9.90. The molecule has 1 atom stereocenters. The van der Waals surface area contributed by atoms with Crippen molar-refractivity contribution < 1.29 is 13.2 Å². The largest absolute Gasteiger partial charge is 0.302 e. The van der Waals surface area contributed by atoms with Gasteiger partial charge in [-0.15, -0.1) is 0 Å². The van der Waals surface area contributed by atoms with Gasteiger partial charge in [-0.2, -0.15) is 0 Å². The SMILES string of the molecule is CC(C=O)S(=O)(=O)c1ccccc1. The number of carbonyl (C=O) groups is 1. The Morgan fingerprint density at radius 1 is 1.23 bits per heavy atom. The van der Waals surface area contributed by atoms with E-state index in [2.05, 4.69) is 0 Å². The van der Waals surface area contributed by atoms with E-state index in [0.717, 1.165) is 0 Å². The summed E-state index contributed by atoms with van der Waals surface area (Å²) in [5.41, 5.74) is 0. The van der Waals surface area contributed by atoms with Gasteiger partial charge >= 0.3 is 0 Å². The van der Waals surface area contributed by atoms with Crippen molar-refractivity contribution in [2.45, 2.75) is 17.1 Å². The summed E-state index contributed by atoms with van der Waals surface area (Å²) in [5, 5.41) is -0.977. The van der Waals surface area contributed by atoms with Crippen LogP contribution >= 0.6 is 0 Å². The Morgan fingerprint density at radius 2 is 1.77 bits per heavy atom. The maximum atomic E-state index is 11.5. The molecule has 3 nitrogen and oxygen atoms in total. The van der Waals surface area contributed by atoms with Gasteiger partial charge in [0.1, 0.15) is 11.5 Å². The van der Waals surface area contributed by atoms with Crippen LogP contribution in [0.15, 0.2) is 35.2 Å². The van der Waals surface area contributed by atoms with E-state index in [0.29, 0.717) is 6.29 Å². The van der Waals surface area contributed by atoms with Crippen LogP contribution in [0.4, 0.5) is 0 Å². The molecule has 0 aliphatic heterocycles. The Morgan fingerprint density at radius 3 is 2.23 bits per heavy atom. The fourth-order valence-corrected chi connectivity index (χ4v) is 2.01. The molecule has 0 saturated carbocycles. The first kappa shape index (κ1) is 9.92. The van der Waals surface area contributed by atoms with E-state index in [1.54, 1.807) is 18.2 Å². The highest BCUT2D eigenvalue weighted by Gasteiger charge is 2.21. The fraction of sp³-hybridized carbons (Fsp3) is 0.222. The van der Waals surface area contributed by atoms with E-state index >= 15 is 0 Å². The molecule has 0 heterocycles. The second-order valence-corrected chi connectivity index (χ2v) is 5.00. The number of aldehydes is 1. The maximum Gasteiger partial charge on any atom is 0.187 e. The first-order valence-corrected chi connectivity index (χ1v) is 5.38. The van der Waals surface area contributed by atoms with Crippen LogP contribution in [0.2, 0.25) is 0 Å². The molecule has 0 N–H and O–H groups in total. The van der Waals surface area contributed by atoms with Crippen molar-refractivity contribution in [3.05, 3.63) is 30.3 Å². The van der Waals surface area contributed by atoms with E-state index in [4.69, 9.17) is 0 Å². The standard InChI is InChI=1S/C9H10O3S/c1-8(7-10)13(11,12)9-5-3-2-4-6-9/h2-8H,1H3. The second kappa shape index (κ2) is 3.70. The molecule has 0 radical (unpaired) electrons. The lowest BCUT2D eigenvalue weighted by molar-refractivity contribution is -0.107. The highest BCUT2D eigenvalue weighted by molar-refractivity contribution is 7.92. The number of carbonyl (C=O) groups excluding carboxylic acids is 1. The van der Waals surface area contributed by atoms with E-state index in [1.807, 2.05) is 0 Å². The van der Waals surface area contributed by atoms with Crippen molar-refractivity contribution in [1.29, 1.82) is 0 Å². The van der Waals surface area contributed by atoms with Crippen molar-refractivity contribution in [3.8, 4) is 0 Å². The predicted molar refractivity (Wildman–Crippen MR) is 49.2 cm³/mol. The average Bonchev–Trinajstić information content (AvgIpc) is 2.18. The van der Waals surface area contributed by atoms with E-state index in [1.165, 1.54) is 19.1 Å². The van der Waals surface area contributed by atoms with Crippen LogP contribution in [0.5, 0.6) is 0 Å². The van der Waals surface area contributed by atoms with Crippen LogP contribution < -0.4 is 0 Å². The summed E-state index contributed by atoms with van der Waals surface area (Å²) in [6.07, 6.45) is 0.433. The van der Waals surface area contributed by atoms with Gasteiger partial charge in [0.15, 0.2) is 9.84 Å². The third kappa shape index (κ3) is 1.95. The van der Waals surface area contributed by atoms with Gasteiger partial charge in [0.05, 0.1) is 4.90 Å². The Bertz CT molecular complexity index is 381. The van der Waals surface area contributed by atoms with Gasteiger partial charge < -0.3 is 4.79 Å². The molecule has 0 aliphatic rings. The van der Waals surface area contributed by atoms with Crippen LogP contribution in [0, 0.1) is 0 Å². The lowest BCUT2D eigenvalue weighted by atomic mass is 10.4. The number of hydrogen-bond acceptors (Lipinski definition) is 3. The molecule has 1 aromatic rings. The van der Waals surface area contributed by atoms with Crippen LogP contribution in [0.25, 0.3) is 0 Å². The van der Waals surface area contributed by atoms with Gasteiger partial charge in [-0.25, -0.2) is 8.42 Å². The highest BCUT2D eigenvalue weighted by atomic mass is 32.2. The Balaban J connectivity index is 3.16. The third-order valence-electron chi connectivity index (χ3n) is 1.75. The summed E-state index contributed by atoms with van der Waals surface area (Å²) < 4.78 is 23.1. The van der Waals surface area contributed by atoms with Crippen molar-refractivity contribution in [3.63, 3.8) is 0 Å². The highest BCUT2D eigenvalue weighted by Crippen LogP contribution is 2.13. The summed E-state index contributed by atoms with van der Waals surface area (Å²) in [5.74, 6) is 0. The zero-order valence-electron chi connectivity index (χ0n) is 7.17. The second-order valence-electron chi connectivity index (χ2n) is 2.70. The molecule has 4 heteroatoms. The van der Waals surface area contributed by atoms with Crippen molar-refractivity contribution in [2.24, 2.45) is 0 Å². The van der Waals surface area contributed by atoms with E-state index in [-0.39, 0.29) is 4.90 Å². The molecule has 0 amide bonds. The number of benzene rings is 1. The summed E-state index contributed by atoms with van der Waals surface area (Å²) in [6.45, 7) is 1.37. The van der Waals surface area contributed by atoms with Crippen molar-refractivity contribution in [1.82, 2.24) is 0 Å². The normalized spacial score (nSPS) is 13.6. The summed E-state index contributed by atoms with van der Waals surface area (Å²) in [6, 6.07) is 7.95.